The van der Waals surface area contributed by atoms with E-state index in [1.807, 2.05) is 12.1 Å². The van der Waals surface area contributed by atoms with Crippen molar-refractivity contribution >= 4 is 16.9 Å². The Morgan fingerprint density at radius 3 is 2.73 bits per heavy atom. The highest BCUT2D eigenvalue weighted by Gasteiger charge is 2.17. The zero-order chi connectivity index (χ0) is 17.9. The molecule has 1 saturated carbocycles. The molecule has 2 aromatic heterocycles. The molecule has 0 radical (unpaired) electrons. The third-order valence-corrected chi connectivity index (χ3v) is 5.10. The van der Waals surface area contributed by atoms with Gasteiger partial charge in [0.05, 0.1) is 11.2 Å². The highest BCUT2D eigenvalue weighted by Crippen LogP contribution is 2.23. The molecular formula is C20H24N6. The molecule has 1 aliphatic carbocycles. The second-order valence-electron chi connectivity index (χ2n) is 7.02. The van der Waals surface area contributed by atoms with Crippen LogP contribution in [0, 0.1) is 0 Å². The number of aromatic nitrogens is 3. The van der Waals surface area contributed by atoms with E-state index in [9.17, 15) is 0 Å². The Morgan fingerprint density at radius 2 is 1.88 bits per heavy atom. The third-order valence-electron chi connectivity index (χ3n) is 5.10. The van der Waals surface area contributed by atoms with Crippen molar-refractivity contribution in [1.82, 2.24) is 20.3 Å². The number of fused-ring (bicyclic) bond motifs is 1. The Hall–Kier alpha value is -2.57. The number of hydrogen-bond acceptors (Lipinski definition) is 6. The minimum absolute atomic E-state index is 0.381. The quantitative estimate of drug-likeness (QED) is 0.670. The van der Waals surface area contributed by atoms with Gasteiger partial charge in [-0.05, 0) is 49.4 Å². The van der Waals surface area contributed by atoms with Crippen LogP contribution in [-0.2, 0) is 6.54 Å². The molecule has 1 aliphatic rings. The smallest absolute Gasteiger partial charge is 0.153 e. The molecule has 6 nitrogen and oxygen atoms in total. The zero-order valence-electron chi connectivity index (χ0n) is 14.7. The van der Waals surface area contributed by atoms with E-state index in [4.69, 9.17) is 11.5 Å². The third kappa shape index (κ3) is 3.66. The highest BCUT2D eigenvalue weighted by atomic mass is 14.9. The topological polar surface area (TPSA) is 103 Å². The van der Waals surface area contributed by atoms with Gasteiger partial charge >= 0.3 is 0 Å². The van der Waals surface area contributed by atoms with E-state index < -0.39 is 0 Å². The molecule has 3 aromatic rings. The molecule has 4 rings (SSSR count). The molecule has 0 spiro atoms. The molecule has 0 amide bonds. The van der Waals surface area contributed by atoms with Crippen molar-refractivity contribution in [3.63, 3.8) is 0 Å². The van der Waals surface area contributed by atoms with Crippen molar-refractivity contribution in [2.45, 2.75) is 44.3 Å². The van der Waals surface area contributed by atoms with Gasteiger partial charge in [0.2, 0.25) is 0 Å². The first kappa shape index (κ1) is 16.9. The number of nitrogens with one attached hydrogen (secondary N) is 1. The fraction of sp³-hybridized carbons (Fsp3) is 0.350. The molecule has 0 unspecified atom stereocenters. The summed E-state index contributed by atoms with van der Waals surface area (Å²) in [5.41, 5.74) is 16.5. The van der Waals surface area contributed by atoms with E-state index in [0.717, 1.165) is 49.0 Å². The molecule has 0 bridgehead atoms. The molecule has 1 aromatic carbocycles. The summed E-state index contributed by atoms with van der Waals surface area (Å²) in [4.78, 5) is 12.9. The van der Waals surface area contributed by atoms with Gasteiger partial charge in [-0.1, -0.05) is 18.2 Å². The number of benzene rings is 1. The van der Waals surface area contributed by atoms with Gasteiger partial charge in [0.1, 0.15) is 11.8 Å². The first-order chi connectivity index (χ1) is 12.7. The maximum absolute atomic E-state index is 5.99. The van der Waals surface area contributed by atoms with Gasteiger partial charge in [-0.15, -0.1) is 0 Å². The summed E-state index contributed by atoms with van der Waals surface area (Å²) in [7, 11) is 0. The lowest BCUT2D eigenvalue weighted by Crippen LogP contribution is -2.37. The minimum Gasteiger partial charge on any atom is -0.382 e. The summed E-state index contributed by atoms with van der Waals surface area (Å²) in [5.74, 6) is 0.408. The largest absolute Gasteiger partial charge is 0.382 e. The average Bonchev–Trinajstić information content (AvgIpc) is 2.68. The average molecular weight is 348 g/mol. The summed E-state index contributed by atoms with van der Waals surface area (Å²) in [5, 5.41) is 3.66. The summed E-state index contributed by atoms with van der Waals surface area (Å²) in [6, 6.07) is 13.3. The number of nitrogens with zero attached hydrogens (tertiary/aromatic N) is 3. The van der Waals surface area contributed by atoms with Crippen LogP contribution in [0.25, 0.3) is 22.3 Å². The Balaban J connectivity index is 1.51. The second kappa shape index (κ2) is 7.35. The molecule has 26 heavy (non-hydrogen) atoms. The Labute approximate surface area is 153 Å². The molecule has 134 valence electrons. The van der Waals surface area contributed by atoms with Crippen LogP contribution < -0.4 is 16.8 Å². The van der Waals surface area contributed by atoms with Crippen LogP contribution in [0.1, 0.15) is 31.2 Å². The van der Waals surface area contributed by atoms with Crippen LogP contribution in [0.15, 0.2) is 42.7 Å². The predicted octanol–water partition coefficient (Wildman–Crippen LogP) is 2.63. The number of rotatable bonds is 4. The lowest BCUT2D eigenvalue weighted by molar-refractivity contribution is 0.342. The molecule has 1 fully saturated rings. The van der Waals surface area contributed by atoms with Crippen molar-refractivity contribution < 1.29 is 0 Å². The summed E-state index contributed by atoms with van der Waals surface area (Å²) in [6.07, 6.45) is 6.01. The fourth-order valence-electron chi connectivity index (χ4n) is 3.55. The van der Waals surface area contributed by atoms with Crippen LogP contribution in [0.4, 0.5) is 5.82 Å². The molecule has 5 N–H and O–H groups in total. The maximum Gasteiger partial charge on any atom is 0.153 e. The Morgan fingerprint density at radius 1 is 1.04 bits per heavy atom. The van der Waals surface area contributed by atoms with E-state index in [1.54, 1.807) is 0 Å². The monoisotopic (exact) mass is 348 g/mol. The number of anilines is 1. The van der Waals surface area contributed by atoms with E-state index in [2.05, 4.69) is 44.5 Å². The first-order valence-electron chi connectivity index (χ1n) is 9.14. The maximum atomic E-state index is 5.99. The number of nitrogens with two attached hydrogens (primary N) is 2. The molecule has 2 heterocycles. The minimum atomic E-state index is 0.381. The molecule has 0 atom stereocenters. The zero-order valence-corrected chi connectivity index (χ0v) is 14.7. The number of nitrogen functional groups attached to an aromatic ring is 1. The van der Waals surface area contributed by atoms with Crippen LogP contribution in [0.5, 0.6) is 0 Å². The molecule has 6 heteroatoms. The summed E-state index contributed by atoms with van der Waals surface area (Å²) < 4.78 is 0. The van der Waals surface area contributed by atoms with Gasteiger partial charge in [-0.25, -0.2) is 15.0 Å². The van der Waals surface area contributed by atoms with Crippen molar-refractivity contribution in [3.8, 4) is 11.3 Å². The van der Waals surface area contributed by atoms with Crippen LogP contribution in [0.2, 0.25) is 0 Å². The summed E-state index contributed by atoms with van der Waals surface area (Å²) in [6.45, 7) is 0.854. The predicted molar refractivity (Wildman–Crippen MR) is 104 cm³/mol. The van der Waals surface area contributed by atoms with Crippen molar-refractivity contribution in [1.29, 1.82) is 0 Å². The van der Waals surface area contributed by atoms with Crippen molar-refractivity contribution in [2.75, 3.05) is 5.73 Å². The van der Waals surface area contributed by atoms with Crippen LogP contribution in [-0.4, -0.2) is 27.0 Å². The van der Waals surface area contributed by atoms with E-state index in [-0.39, 0.29) is 0 Å². The van der Waals surface area contributed by atoms with Crippen molar-refractivity contribution in [3.05, 3.63) is 48.3 Å². The molecular weight excluding hydrogens is 324 g/mol. The van der Waals surface area contributed by atoms with Crippen LogP contribution in [0.3, 0.4) is 0 Å². The lowest BCUT2D eigenvalue weighted by Gasteiger charge is -2.27. The van der Waals surface area contributed by atoms with E-state index in [1.165, 1.54) is 11.9 Å². The normalized spacial score (nSPS) is 20.3. The fourth-order valence-corrected chi connectivity index (χ4v) is 3.55. The molecule has 0 saturated heterocycles. The second-order valence-corrected chi connectivity index (χ2v) is 7.02. The van der Waals surface area contributed by atoms with E-state index in [0.29, 0.717) is 23.4 Å². The number of pyridine rings is 1. The highest BCUT2D eigenvalue weighted by molar-refractivity contribution is 5.85. The van der Waals surface area contributed by atoms with Gasteiger partial charge < -0.3 is 16.8 Å². The van der Waals surface area contributed by atoms with E-state index >= 15 is 0 Å². The molecule has 0 aliphatic heterocycles. The van der Waals surface area contributed by atoms with Gasteiger partial charge in [0, 0.05) is 24.2 Å². The Bertz CT molecular complexity index is 902. The lowest BCUT2D eigenvalue weighted by atomic mass is 9.91. The first-order valence-corrected chi connectivity index (χ1v) is 9.14. The van der Waals surface area contributed by atoms with Crippen LogP contribution >= 0.6 is 0 Å². The number of hydrogen-bond donors (Lipinski definition) is 3. The Kier molecular flexibility index (Phi) is 4.77. The van der Waals surface area contributed by atoms with Gasteiger partial charge in [0.15, 0.2) is 5.82 Å². The van der Waals surface area contributed by atoms with Gasteiger partial charge in [-0.2, -0.15) is 0 Å². The van der Waals surface area contributed by atoms with Gasteiger partial charge in [0.25, 0.3) is 0 Å². The SMILES string of the molecule is Nc1ncnc2ccc(-c3cccc(CNC4CCC(N)CC4)c3)nc12. The van der Waals surface area contributed by atoms with Crippen molar-refractivity contribution in [2.24, 2.45) is 5.73 Å². The standard InChI is InChI=1S/C20H24N6/c21-15-4-6-16(7-5-15)23-11-13-2-1-3-14(10-13)17-8-9-18-19(26-17)20(22)25-12-24-18/h1-3,8-10,12,15-16,23H,4-7,11,21H2,(H2,22,24,25). The summed E-state index contributed by atoms with van der Waals surface area (Å²) >= 11 is 0. The van der Waals surface area contributed by atoms with Gasteiger partial charge in [-0.3, -0.25) is 0 Å².